The number of hydrogen-bond donors (Lipinski definition) is 1. The highest BCUT2D eigenvalue weighted by atomic mass is 35.5. The number of hydrogen-bond acceptors (Lipinski definition) is 3. The van der Waals surface area contributed by atoms with Gasteiger partial charge in [-0.15, -0.1) is 0 Å². The van der Waals surface area contributed by atoms with E-state index >= 15 is 0 Å². The van der Waals surface area contributed by atoms with Gasteiger partial charge in [0.2, 0.25) is 0 Å². The first-order chi connectivity index (χ1) is 9.86. The van der Waals surface area contributed by atoms with Crippen LogP contribution in [0.2, 0.25) is 5.02 Å². The average Bonchev–Trinajstić information content (AvgIpc) is 2.80. The summed E-state index contributed by atoms with van der Waals surface area (Å²) in [6.45, 7) is 3.67. The van der Waals surface area contributed by atoms with Gasteiger partial charge in [-0.05, 0) is 38.1 Å². The summed E-state index contributed by atoms with van der Waals surface area (Å²) in [5.74, 6) is -0.0479. The minimum atomic E-state index is -0.836. The van der Waals surface area contributed by atoms with Crippen molar-refractivity contribution < 1.29 is 14.3 Å². The first-order valence-corrected chi connectivity index (χ1v) is 7.12. The second-order valence-corrected chi connectivity index (χ2v) is 5.88. The summed E-state index contributed by atoms with van der Waals surface area (Å²) in [5.41, 5.74) is -0.201. The number of nitrogens with one attached hydrogen (secondary N) is 1. The van der Waals surface area contributed by atoms with Crippen molar-refractivity contribution in [2.24, 2.45) is 0 Å². The van der Waals surface area contributed by atoms with E-state index in [1.165, 1.54) is 11.8 Å². The number of benzene rings is 1. The van der Waals surface area contributed by atoms with Gasteiger partial charge in [0, 0.05) is 30.8 Å². The maximum atomic E-state index is 12.5. The highest BCUT2D eigenvalue weighted by Crippen LogP contribution is 2.32. The number of ketones is 1. The van der Waals surface area contributed by atoms with Gasteiger partial charge in [-0.25, -0.2) is 4.79 Å². The van der Waals surface area contributed by atoms with Crippen molar-refractivity contribution in [3.05, 3.63) is 29.3 Å². The molecule has 0 bridgehead atoms. The number of carbonyl (C=O) groups is 2. The van der Waals surface area contributed by atoms with E-state index in [0.29, 0.717) is 23.7 Å². The third-order valence-corrected chi connectivity index (χ3v) is 4.29. The van der Waals surface area contributed by atoms with E-state index in [1.807, 2.05) is 0 Å². The second kappa shape index (κ2) is 6.03. The third kappa shape index (κ3) is 3.19. The molecular formula is C15H19ClN2O3. The molecule has 1 aromatic carbocycles. The van der Waals surface area contributed by atoms with Gasteiger partial charge < -0.3 is 15.0 Å². The van der Waals surface area contributed by atoms with Crippen LogP contribution in [0.1, 0.15) is 20.3 Å². The topological polar surface area (TPSA) is 58.6 Å². The van der Waals surface area contributed by atoms with E-state index in [1.54, 1.807) is 38.3 Å². The van der Waals surface area contributed by atoms with E-state index in [9.17, 15) is 9.59 Å². The molecule has 1 saturated heterocycles. The van der Waals surface area contributed by atoms with Crippen LogP contribution in [-0.2, 0) is 9.53 Å². The number of likely N-dealkylation sites (tertiary alicyclic amines) is 1. The lowest BCUT2D eigenvalue weighted by molar-refractivity contribution is -0.125. The SMILES string of the molecule is COC1CN(C(=O)Nc2ccc(Cl)cc2)[C@@](C)(C(C)=O)C1. The summed E-state index contributed by atoms with van der Waals surface area (Å²) in [7, 11) is 1.59. The Balaban J connectivity index is 2.16. The summed E-state index contributed by atoms with van der Waals surface area (Å²) < 4.78 is 5.31. The molecule has 1 aliphatic rings. The molecule has 0 radical (unpaired) electrons. The first kappa shape index (κ1) is 15.8. The maximum Gasteiger partial charge on any atom is 0.322 e. The van der Waals surface area contributed by atoms with Crippen LogP contribution in [0.4, 0.5) is 10.5 Å². The second-order valence-electron chi connectivity index (χ2n) is 5.44. The number of carbonyl (C=O) groups excluding carboxylic acids is 2. The summed E-state index contributed by atoms with van der Waals surface area (Å²) in [5, 5.41) is 3.39. The summed E-state index contributed by atoms with van der Waals surface area (Å²) in [6, 6.07) is 6.52. The largest absolute Gasteiger partial charge is 0.380 e. The number of ether oxygens (including phenoxy) is 1. The van der Waals surface area contributed by atoms with Crippen molar-refractivity contribution in [2.45, 2.75) is 31.9 Å². The van der Waals surface area contributed by atoms with Crippen molar-refractivity contribution in [3.8, 4) is 0 Å². The van der Waals surface area contributed by atoms with Crippen LogP contribution in [0, 0.1) is 0 Å². The Labute approximate surface area is 129 Å². The van der Waals surface area contributed by atoms with Gasteiger partial charge in [-0.1, -0.05) is 11.6 Å². The molecule has 0 aromatic heterocycles. The number of halogens is 1. The lowest BCUT2D eigenvalue weighted by atomic mass is 9.94. The monoisotopic (exact) mass is 310 g/mol. The number of amides is 2. The molecule has 6 heteroatoms. The van der Waals surface area contributed by atoms with Crippen molar-refractivity contribution in [3.63, 3.8) is 0 Å². The fourth-order valence-corrected chi connectivity index (χ4v) is 2.67. The fraction of sp³-hybridized carbons (Fsp3) is 0.467. The van der Waals surface area contributed by atoms with Gasteiger partial charge in [0.15, 0.2) is 5.78 Å². The normalized spacial score (nSPS) is 25.0. The van der Waals surface area contributed by atoms with Gasteiger partial charge in [-0.3, -0.25) is 4.79 Å². The smallest absolute Gasteiger partial charge is 0.322 e. The number of urea groups is 1. The molecule has 0 saturated carbocycles. The van der Waals surface area contributed by atoms with E-state index < -0.39 is 5.54 Å². The van der Waals surface area contributed by atoms with E-state index in [0.717, 1.165) is 0 Å². The zero-order valence-electron chi connectivity index (χ0n) is 12.4. The molecule has 114 valence electrons. The van der Waals surface area contributed by atoms with Crippen molar-refractivity contribution >= 4 is 29.1 Å². The molecule has 1 aromatic rings. The number of Topliss-reactive ketones (excluding diaryl/α,β-unsaturated/α-hetero) is 1. The predicted octanol–water partition coefficient (Wildman–Crippen LogP) is 2.94. The predicted molar refractivity (Wildman–Crippen MR) is 81.7 cm³/mol. The van der Waals surface area contributed by atoms with E-state index in [4.69, 9.17) is 16.3 Å². The zero-order chi connectivity index (χ0) is 15.6. The molecule has 1 fully saturated rings. The van der Waals surface area contributed by atoms with Gasteiger partial charge in [0.1, 0.15) is 5.54 Å². The van der Waals surface area contributed by atoms with Crippen LogP contribution in [-0.4, -0.2) is 42.0 Å². The molecule has 2 amide bonds. The molecule has 21 heavy (non-hydrogen) atoms. The molecule has 2 atom stereocenters. The molecular weight excluding hydrogens is 292 g/mol. The van der Waals surface area contributed by atoms with E-state index in [2.05, 4.69) is 5.32 Å². The van der Waals surface area contributed by atoms with Crippen LogP contribution >= 0.6 is 11.6 Å². The highest BCUT2D eigenvalue weighted by Gasteiger charge is 2.48. The molecule has 1 unspecified atom stereocenters. The Morgan fingerprint density at radius 3 is 2.52 bits per heavy atom. The number of methoxy groups -OCH3 is 1. The number of anilines is 1. The average molecular weight is 311 g/mol. The third-order valence-electron chi connectivity index (χ3n) is 4.04. The zero-order valence-corrected chi connectivity index (χ0v) is 13.1. The van der Waals surface area contributed by atoms with Crippen LogP contribution < -0.4 is 5.32 Å². The summed E-state index contributed by atoms with van der Waals surface area (Å²) in [4.78, 5) is 25.9. The van der Waals surface area contributed by atoms with Crippen LogP contribution in [0.5, 0.6) is 0 Å². The van der Waals surface area contributed by atoms with Gasteiger partial charge in [0.25, 0.3) is 0 Å². The Bertz CT molecular complexity index is 546. The molecule has 2 rings (SSSR count). The lowest BCUT2D eigenvalue weighted by Crippen LogP contribution is -2.51. The lowest BCUT2D eigenvalue weighted by Gasteiger charge is -2.32. The summed E-state index contributed by atoms with van der Waals surface area (Å²) >= 11 is 5.82. The Kier molecular flexibility index (Phi) is 4.54. The number of rotatable bonds is 3. The molecule has 5 nitrogen and oxygen atoms in total. The van der Waals surface area contributed by atoms with Crippen molar-refractivity contribution in [1.29, 1.82) is 0 Å². The molecule has 0 spiro atoms. The van der Waals surface area contributed by atoms with Crippen molar-refractivity contribution in [2.75, 3.05) is 19.0 Å². The van der Waals surface area contributed by atoms with Crippen LogP contribution in [0.25, 0.3) is 0 Å². The Hall–Kier alpha value is -1.59. The Morgan fingerprint density at radius 2 is 2.00 bits per heavy atom. The standard InChI is InChI=1S/C15H19ClN2O3/c1-10(19)15(2)8-13(21-3)9-18(15)14(20)17-12-6-4-11(16)5-7-12/h4-7,13H,8-9H2,1-3H3,(H,17,20)/t13?,15-/m1/s1. The summed E-state index contributed by atoms with van der Waals surface area (Å²) in [6.07, 6.45) is 0.377. The quantitative estimate of drug-likeness (QED) is 0.934. The minimum Gasteiger partial charge on any atom is -0.380 e. The van der Waals surface area contributed by atoms with E-state index in [-0.39, 0.29) is 17.9 Å². The maximum absolute atomic E-state index is 12.5. The van der Waals surface area contributed by atoms with Crippen molar-refractivity contribution in [1.82, 2.24) is 4.90 Å². The molecule has 1 heterocycles. The molecule has 0 aliphatic carbocycles. The fourth-order valence-electron chi connectivity index (χ4n) is 2.55. The van der Waals surface area contributed by atoms with Crippen LogP contribution in [0.3, 0.4) is 0 Å². The highest BCUT2D eigenvalue weighted by molar-refractivity contribution is 6.30. The Morgan fingerprint density at radius 1 is 1.38 bits per heavy atom. The molecule has 1 N–H and O–H groups in total. The number of nitrogens with zero attached hydrogens (tertiary/aromatic N) is 1. The van der Waals surface area contributed by atoms with Crippen LogP contribution in [0.15, 0.2) is 24.3 Å². The molecule has 1 aliphatic heterocycles. The van der Waals surface area contributed by atoms with Gasteiger partial charge in [0.05, 0.1) is 6.10 Å². The van der Waals surface area contributed by atoms with Gasteiger partial charge in [-0.2, -0.15) is 0 Å². The minimum absolute atomic E-state index is 0.0479. The van der Waals surface area contributed by atoms with Gasteiger partial charge >= 0.3 is 6.03 Å². The first-order valence-electron chi connectivity index (χ1n) is 6.75.